The molecule has 2 rings (SSSR count). The van der Waals surface area contributed by atoms with Gasteiger partial charge in [0.05, 0.1) is 20.3 Å². The number of nitrogens with one attached hydrogen (secondary N) is 1. The summed E-state index contributed by atoms with van der Waals surface area (Å²) < 4.78 is 10.7. The summed E-state index contributed by atoms with van der Waals surface area (Å²) in [5.74, 6) is 1.59. The van der Waals surface area contributed by atoms with Gasteiger partial charge in [0, 0.05) is 18.2 Å². The number of hydrogen-bond donors (Lipinski definition) is 2. The van der Waals surface area contributed by atoms with Crippen molar-refractivity contribution in [3.63, 3.8) is 0 Å². The molecule has 2 aromatic carbocycles. The molecule has 0 fully saturated rings. The number of aliphatic hydroxyl groups is 1. The van der Waals surface area contributed by atoms with E-state index in [0.717, 1.165) is 22.6 Å². The summed E-state index contributed by atoms with van der Waals surface area (Å²) in [5.41, 5.74) is 1.90. The highest BCUT2D eigenvalue weighted by atomic mass is 16.5. The zero-order chi connectivity index (χ0) is 15.9. The summed E-state index contributed by atoms with van der Waals surface area (Å²) in [5, 5.41) is 13.6. The highest BCUT2D eigenvalue weighted by molar-refractivity contribution is 5.42. The fourth-order valence-electron chi connectivity index (χ4n) is 2.37. The summed E-state index contributed by atoms with van der Waals surface area (Å²) >= 11 is 0. The van der Waals surface area contributed by atoms with E-state index in [9.17, 15) is 5.11 Å². The van der Waals surface area contributed by atoms with E-state index >= 15 is 0 Å². The quantitative estimate of drug-likeness (QED) is 0.825. The molecule has 0 aliphatic heterocycles. The van der Waals surface area contributed by atoms with Crippen molar-refractivity contribution < 1.29 is 14.6 Å². The van der Waals surface area contributed by atoms with Gasteiger partial charge in [0.2, 0.25) is 0 Å². The van der Waals surface area contributed by atoms with E-state index in [4.69, 9.17) is 9.47 Å². The van der Waals surface area contributed by atoms with Gasteiger partial charge in [0.15, 0.2) is 0 Å². The maximum atomic E-state index is 10.2. The molecule has 4 heteroatoms. The fourth-order valence-corrected chi connectivity index (χ4v) is 2.37. The average Bonchev–Trinajstić information content (AvgIpc) is 2.59. The second-order valence-electron chi connectivity index (χ2n) is 5.16. The fraction of sp³-hybridized carbons (Fsp3) is 0.333. The second-order valence-corrected chi connectivity index (χ2v) is 5.16. The highest BCUT2D eigenvalue weighted by Gasteiger charge is 2.14. The lowest BCUT2D eigenvalue weighted by Crippen LogP contribution is -2.25. The molecule has 2 N–H and O–H groups in total. The number of ether oxygens (including phenoxy) is 2. The van der Waals surface area contributed by atoms with Crippen LogP contribution in [0.4, 0.5) is 0 Å². The number of methoxy groups -OCH3 is 2. The van der Waals surface area contributed by atoms with Crippen LogP contribution in [0.1, 0.15) is 30.2 Å². The van der Waals surface area contributed by atoms with Crippen molar-refractivity contribution in [3.05, 3.63) is 59.7 Å². The first-order valence-electron chi connectivity index (χ1n) is 7.34. The van der Waals surface area contributed by atoms with Crippen LogP contribution in [0.3, 0.4) is 0 Å². The van der Waals surface area contributed by atoms with Gasteiger partial charge in [-0.1, -0.05) is 30.3 Å². The first-order valence-corrected chi connectivity index (χ1v) is 7.34. The predicted octanol–water partition coefficient (Wildman–Crippen LogP) is 3.09. The summed E-state index contributed by atoms with van der Waals surface area (Å²) in [4.78, 5) is 0. The van der Waals surface area contributed by atoms with Crippen molar-refractivity contribution in [1.29, 1.82) is 0 Å². The molecular weight excluding hydrogens is 278 g/mol. The van der Waals surface area contributed by atoms with Crippen molar-refractivity contribution in [2.24, 2.45) is 0 Å². The van der Waals surface area contributed by atoms with Crippen molar-refractivity contribution in [1.82, 2.24) is 5.32 Å². The lowest BCUT2D eigenvalue weighted by atomic mass is 10.1. The SMILES string of the molecule is COc1ccc(OC)c([C@H](C)NC[C@@H](O)c2ccccc2)c1. The predicted molar refractivity (Wildman–Crippen MR) is 87.4 cm³/mol. The van der Waals surface area contributed by atoms with E-state index in [0.29, 0.717) is 6.54 Å². The van der Waals surface area contributed by atoms with Gasteiger partial charge in [-0.15, -0.1) is 0 Å². The van der Waals surface area contributed by atoms with Gasteiger partial charge >= 0.3 is 0 Å². The standard InChI is InChI=1S/C18H23NO3/c1-13(16-11-15(21-2)9-10-18(16)22-3)19-12-17(20)14-7-5-4-6-8-14/h4-11,13,17,19-20H,12H2,1-3H3/t13-,17+/m0/s1. The maximum Gasteiger partial charge on any atom is 0.123 e. The van der Waals surface area contributed by atoms with E-state index in [1.807, 2.05) is 55.5 Å². The summed E-state index contributed by atoms with van der Waals surface area (Å²) in [6.07, 6.45) is -0.541. The molecule has 2 atom stereocenters. The van der Waals surface area contributed by atoms with Crippen LogP contribution in [0.15, 0.2) is 48.5 Å². The first kappa shape index (κ1) is 16.3. The molecule has 0 unspecified atom stereocenters. The van der Waals surface area contributed by atoms with Crippen LogP contribution in [-0.2, 0) is 0 Å². The molecule has 0 aliphatic carbocycles. The van der Waals surface area contributed by atoms with Gasteiger partial charge in [-0.2, -0.15) is 0 Å². The Morgan fingerprint density at radius 2 is 1.77 bits per heavy atom. The van der Waals surface area contributed by atoms with Gasteiger partial charge in [0.1, 0.15) is 11.5 Å². The normalized spacial score (nSPS) is 13.5. The van der Waals surface area contributed by atoms with Gasteiger partial charge in [-0.25, -0.2) is 0 Å². The molecule has 0 spiro atoms. The molecule has 0 saturated heterocycles. The third-order valence-electron chi connectivity index (χ3n) is 3.71. The molecule has 0 heterocycles. The third kappa shape index (κ3) is 4.00. The minimum absolute atomic E-state index is 0.0309. The molecule has 0 amide bonds. The molecule has 0 aromatic heterocycles. The zero-order valence-electron chi connectivity index (χ0n) is 13.2. The van der Waals surface area contributed by atoms with Gasteiger partial charge in [0.25, 0.3) is 0 Å². The van der Waals surface area contributed by atoms with E-state index < -0.39 is 6.10 Å². The molecular formula is C18H23NO3. The van der Waals surface area contributed by atoms with Gasteiger partial charge in [-0.05, 0) is 30.7 Å². The lowest BCUT2D eigenvalue weighted by molar-refractivity contribution is 0.170. The van der Waals surface area contributed by atoms with Crippen molar-refractivity contribution in [2.45, 2.75) is 19.1 Å². The highest BCUT2D eigenvalue weighted by Crippen LogP contribution is 2.29. The molecule has 4 nitrogen and oxygen atoms in total. The molecule has 2 aromatic rings. The molecule has 22 heavy (non-hydrogen) atoms. The van der Waals surface area contributed by atoms with Crippen LogP contribution in [-0.4, -0.2) is 25.9 Å². The van der Waals surface area contributed by atoms with E-state index in [1.165, 1.54) is 0 Å². The van der Waals surface area contributed by atoms with Gasteiger partial charge < -0.3 is 19.9 Å². The molecule has 0 aliphatic rings. The number of benzene rings is 2. The van der Waals surface area contributed by atoms with Crippen molar-refractivity contribution in [2.75, 3.05) is 20.8 Å². The van der Waals surface area contributed by atoms with Crippen LogP contribution >= 0.6 is 0 Å². The number of hydrogen-bond acceptors (Lipinski definition) is 4. The Labute approximate surface area is 131 Å². The first-order chi connectivity index (χ1) is 10.7. The minimum atomic E-state index is -0.541. The summed E-state index contributed by atoms with van der Waals surface area (Å²) in [7, 11) is 3.29. The second kappa shape index (κ2) is 7.82. The molecule has 0 saturated carbocycles. The smallest absolute Gasteiger partial charge is 0.123 e. The number of rotatable bonds is 7. The molecule has 118 valence electrons. The lowest BCUT2D eigenvalue weighted by Gasteiger charge is -2.20. The van der Waals surface area contributed by atoms with Crippen LogP contribution in [0.2, 0.25) is 0 Å². The van der Waals surface area contributed by atoms with Crippen LogP contribution < -0.4 is 14.8 Å². The zero-order valence-corrected chi connectivity index (χ0v) is 13.2. The van der Waals surface area contributed by atoms with Gasteiger partial charge in [-0.3, -0.25) is 0 Å². The maximum absolute atomic E-state index is 10.2. The van der Waals surface area contributed by atoms with E-state index in [1.54, 1.807) is 14.2 Å². The topological polar surface area (TPSA) is 50.7 Å². The third-order valence-corrected chi connectivity index (χ3v) is 3.71. The van der Waals surface area contributed by atoms with Crippen molar-refractivity contribution >= 4 is 0 Å². The monoisotopic (exact) mass is 301 g/mol. The minimum Gasteiger partial charge on any atom is -0.497 e. The summed E-state index contributed by atoms with van der Waals surface area (Å²) in [6.45, 7) is 2.50. The van der Waals surface area contributed by atoms with Crippen LogP contribution in [0.25, 0.3) is 0 Å². The van der Waals surface area contributed by atoms with Crippen LogP contribution in [0.5, 0.6) is 11.5 Å². The number of aliphatic hydroxyl groups excluding tert-OH is 1. The Morgan fingerprint density at radius 3 is 2.41 bits per heavy atom. The largest absolute Gasteiger partial charge is 0.497 e. The van der Waals surface area contributed by atoms with E-state index in [2.05, 4.69) is 5.32 Å². The van der Waals surface area contributed by atoms with Crippen molar-refractivity contribution in [3.8, 4) is 11.5 Å². The van der Waals surface area contributed by atoms with Crippen LogP contribution in [0, 0.1) is 0 Å². The molecule has 0 bridgehead atoms. The van der Waals surface area contributed by atoms with E-state index in [-0.39, 0.29) is 6.04 Å². The Kier molecular flexibility index (Phi) is 5.81. The molecule has 0 radical (unpaired) electrons. The Hall–Kier alpha value is -2.04. The Bertz CT molecular complexity index is 586. The average molecular weight is 301 g/mol. The Balaban J connectivity index is 2.04. The Morgan fingerprint density at radius 1 is 1.05 bits per heavy atom. The summed E-state index contributed by atoms with van der Waals surface area (Å²) in [6, 6.07) is 15.4.